The number of nitro benzene ring substituents is 1. The Labute approximate surface area is 104 Å². The van der Waals surface area contributed by atoms with Crippen molar-refractivity contribution in [3.8, 4) is 5.75 Å². The third kappa shape index (κ3) is 2.31. The normalized spacial score (nSPS) is 12.1. The van der Waals surface area contributed by atoms with E-state index in [2.05, 4.69) is 0 Å². The number of nitrogens with two attached hydrogens (primary N) is 1. The molecule has 0 aliphatic heterocycles. The van der Waals surface area contributed by atoms with Crippen molar-refractivity contribution in [3.05, 3.63) is 69.8 Å². The molecular weight excluding hydrogens is 232 g/mol. The van der Waals surface area contributed by atoms with Crippen molar-refractivity contribution in [2.75, 3.05) is 0 Å². The maximum absolute atomic E-state index is 10.7. The largest absolute Gasteiger partial charge is 0.508 e. The summed E-state index contributed by atoms with van der Waals surface area (Å²) in [6, 6.07) is 12.4. The molecule has 0 fully saturated rings. The van der Waals surface area contributed by atoms with Crippen LogP contribution in [0.1, 0.15) is 17.2 Å². The van der Waals surface area contributed by atoms with Crippen LogP contribution in [0, 0.1) is 10.1 Å². The number of non-ortho nitro benzene ring substituents is 1. The minimum absolute atomic E-state index is 0.0445. The van der Waals surface area contributed by atoms with Gasteiger partial charge in [0, 0.05) is 17.7 Å². The molecule has 0 spiro atoms. The van der Waals surface area contributed by atoms with Crippen LogP contribution in [0.5, 0.6) is 5.75 Å². The van der Waals surface area contributed by atoms with Crippen LogP contribution >= 0.6 is 0 Å². The predicted molar refractivity (Wildman–Crippen MR) is 67.2 cm³/mol. The molecule has 0 unspecified atom stereocenters. The van der Waals surface area contributed by atoms with E-state index in [9.17, 15) is 15.2 Å². The lowest BCUT2D eigenvalue weighted by molar-refractivity contribution is -0.384. The molecule has 5 nitrogen and oxygen atoms in total. The van der Waals surface area contributed by atoms with Gasteiger partial charge in [-0.15, -0.1) is 0 Å². The van der Waals surface area contributed by atoms with Gasteiger partial charge in [0.05, 0.1) is 11.0 Å². The maximum atomic E-state index is 10.7. The Morgan fingerprint density at radius 1 is 1.17 bits per heavy atom. The van der Waals surface area contributed by atoms with E-state index in [-0.39, 0.29) is 11.4 Å². The molecule has 0 aromatic heterocycles. The Balaban J connectivity index is 2.44. The molecule has 2 aromatic carbocycles. The van der Waals surface area contributed by atoms with Gasteiger partial charge in [0.15, 0.2) is 0 Å². The topological polar surface area (TPSA) is 89.4 Å². The third-order valence-corrected chi connectivity index (χ3v) is 2.72. The first-order chi connectivity index (χ1) is 8.59. The maximum Gasteiger partial charge on any atom is 0.270 e. The van der Waals surface area contributed by atoms with Gasteiger partial charge in [-0.3, -0.25) is 10.1 Å². The number of nitro groups is 1. The van der Waals surface area contributed by atoms with E-state index in [0.717, 1.165) is 5.56 Å². The number of phenolic OH excluding ortho intramolecular Hbond substituents is 1. The highest BCUT2D eigenvalue weighted by atomic mass is 16.6. The number of nitrogens with zero attached hydrogens (tertiary/aromatic N) is 1. The lowest BCUT2D eigenvalue weighted by Crippen LogP contribution is -2.12. The van der Waals surface area contributed by atoms with E-state index in [0.29, 0.717) is 5.56 Å². The van der Waals surface area contributed by atoms with Gasteiger partial charge in [-0.2, -0.15) is 0 Å². The Morgan fingerprint density at radius 3 is 2.44 bits per heavy atom. The van der Waals surface area contributed by atoms with Gasteiger partial charge in [0.1, 0.15) is 5.75 Å². The van der Waals surface area contributed by atoms with Gasteiger partial charge < -0.3 is 10.8 Å². The Kier molecular flexibility index (Phi) is 3.25. The van der Waals surface area contributed by atoms with E-state index < -0.39 is 11.0 Å². The first-order valence-corrected chi connectivity index (χ1v) is 5.37. The van der Waals surface area contributed by atoms with Crippen LogP contribution in [-0.4, -0.2) is 10.0 Å². The molecule has 0 saturated carbocycles. The Morgan fingerprint density at radius 2 is 1.83 bits per heavy atom. The summed E-state index contributed by atoms with van der Waals surface area (Å²) in [6.07, 6.45) is 0. The molecule has 18 heavy (non-hydrogen) atoms. The zero-order chi connectivity index (χ0) is 13.1. The highest BCUT2D eigenvalue weighted by Crippen LogP contribution is 2.30. The van der Waals surface area contributed by atoms with Crippen LogP contribution in [0.2, 0.25) is 0 Å². The minimum Gasteiger partial charge on any atom is -0.508 e. The number of hydrogen-bond donors (Lipinski definition) is 2. The molecule has 2 rings (SSSR count). The fraction of sp³-hybridized carbons (Fsp3) is 0.0769. The van der Waals surface area contributed by atoms with Gasteiger partial charge in [0.25, 0.3) is 5.69 Å². The van der Waals surface area contributed by atoms with Gasteiger partial charge in [0.2, 0.25) is 0 Å². The highest BCUT2D eigenvalue weighted by molar-refractivity contribution is 5.47. The first kappa shape index (κ1) is 12.1. The van der Waals surface area contributed by atoms with E-state index in [1.165, 1.54) is 18.2 Å². The molecule has 2 aromatic rings. The molecule has 0 aliphatic rings. The summed E-state index contributed by atoms with van der Waals surface area (Å²) in [6.45, 7) is 0. The molecule has 3 N–H and O–H groups in total. The van der Waals surface area contributed by atoms with Crippen LogP contribution in [0.25, 0.3) is 0 Å². The summed E-state index contributed by atoms with van der Waals surface area (Å²) in [7, 11) is 0. The monoisotopic (exact) mass is 244 g/mol. The lowest BCUT2D eigenvalue weighted by Gasteiger charge is -2.13. The predicted octanol–water partition coefficient (Wildman–Crippen LogP) is 2.35. The van der Waals surface area contributed by atoms with Crippen molar-refractivity contribution in [1.29, 1.82) is 0 Å². The first-order valence-electron chi connectivity index (χ1n) is 5.37. The van der Waals surface area contributed by atoms with Gasteiger partial charge in [-0.25, -0.2) is 0 Å². The van der Waals surface area contributed by atoms with Crippen LogP contribution in [0.15, 0.2) is 48.5 Å². The van der Waals surface area contributed by atoms with Crippen LogP contribution in [-0.2, 0) is 0 Å². The van der Waals surface area contributed by atoms with Gasteiger partial charge >= 0.3 is 0 Å². The summed E-state index contributed by atoms with van der Waals surface area (Å²) < 4.78 is 0. The second-order valence-electron chi connectivity index (χ2n) is 3.89. The van der Waals surface area contributed by atoms with Crippen molar-refractivity contribution >= 4 is 5.69 Å². The Hall–Kier alpha value is -2.40. The fourth-order valence-corrected chi connectivity index (χ4v) is 1.74. The van der Waals surface area contributed by atoms with E-state index in [1.807, 2.05) is 30.3 Å². The molecule has 1 atom stereocenters. The fourth-order valence-electron chi connectivity index (χ4n) is 1.74. The molecule has 0 bridgehead atoms. The van der Waals surface area contributed by atoms with Crippen LogP contribution < -0.4 is 5.73 Å². The molecule has 92 valence electrons. The summed E-state index contributed by atoms with van der Waals surface area (Å²) in [4.78, 5) is 10.2. The average Bonchev–Trinajstić information content (AvgIpc) is 2.39. The summed E-state index contributed by atoms with van der Waals surface area (Å²) in [5, 5.41) is 20.5. The van der Waals surface area contributed by atoms with E-state index in [1.54, 1.807) is 0 Å². The summed E-state index contributed by atoms with van der Waals surface area (Å²) >= 11 is 0. The standard InChI is InChI=1S/C13H12N2O3/c14-13(9-4-2-1-3-5-9)11-8-10(15(17)18)6-7-12(11)16/h1-8,13,16H,14H2/t13-/m0/s1. The molecular formula is C13H12N2O3. The zero-order valence-electron chi connectivity index (χ0n) is 9.48. The summed E-state index contributed by atoms with van der Waals surface area (Å²) in [5.74, 6) is -0.0445. The number of rotatable bonds is 3. The third-order valence-electron chi connectivity index (χ3n) is 2.72. The van der Waals surface area contributed by atoms with Crippen molar-refractivity contribution in [3.63, 3.8) is 0 Å². The number of benzene rings is 2. The molecule has 0 heterocycles. The SMILES string of the molecule is N[C@@H](c1ccccc1)c1cc([N+](=O)[O-])ccc1O. The van der Waals surface area contributed by atoms with Crippen molar-refractivity contribution < 1.29 is 10.0 Å². The molecule has 0 aliphatic carbocycles. The smallest absolute Gasteiger partial charge is 0.270 e. The van der Waals surface area contributed by atoms with Crippen LogP contribution in [0.4, 0.5) is 5.69 Å². The highest BCUT2D eigenvalue weighted by Gasteiger charge is 2.17. The van der Waals surface area contributed by atoms with Gasteiger partial charge in [-0.05, 0) is 11.6 Å². The lowest BCUT2D eigenvalue weighted by atomic mass is 9.98. The Bertz CT molecular complexity index is 570. The number of hydrogen-bond acceptors (Lipinski definition) is 4. The van der Waals surface area contributed by atoms with E-state index in [4.69, 9.17) is 5.73 Å². The number of aromatic hydroxyl groups is 1. The van der Waals surface area contributed by atoms with Gasteiger partial charge in [-0.1, -0.05) is 30.3 Å². The molecule has 0 amide bonds. The molecule has 0 radical (unpaired) electrons. The second kappa shape index (κ2) is 4.85. The molecule has 0 saturated heterocycles. The second-order valence-corrected chi connectivity index (χ2v) is 3.89. The number of phenols is 1. The average molecular weight is 244 g/mol. The van der Waals surface area contributed by atoms with Crippen molar-refractivity contribution in [2.45, 2.75) is 6.04 Å². The van der Waals surface area contributed by atoms with Crippen molar-refractivity contribution in [1.82, 2.24) is 0 Å². The van der Waals surface area contributed by atoms with Crippen molar-refractivity contribution in [2.24, 2.45) is 5.73 Å². The summed E-state index contributed by atoms with van der Waals surface area (Å²) in [5.41, 5.74) is 7.04. The minimum atomic E-state index is -0.592. The quantitative estimate of drug-likeness (QED) is 0.640. The molecule has 5 heteroatoms. The van der Waals surface area contributed by atoms with E-state index >= 15 is 0 Å². The van der Waals surface area contributed by atoms with Crippen LogP contribution in [0.3, 0.4) is 0 Å². The zero-order valence-corrected chi connectivity index (χ0v) is 9.48.